The molecule has 196 valence electrons. The predicted octanol–water partition coefficient (Wildman–Crippen LogP) is 3.01. The highest BCUT2D eigenvalue weighted by Crippen LogP contribution is 2.24. The lowest BCUT2D eigenvalue weighted by molar-refractivity contribution is 0.0546. The summed E-state index contributed by atoms with van der Waals surface area (Å²) in [5.74, 6) is -1.61. The van der Waals surface area contributed by atoms with Gasteiger partial charge in [-0.15, -0.1) is 17.5 Å². The molecular formula is C24H36ClF2N5O3. The molecule has 0 saturated carbocycles. The number of hydrogen-bond donors (Lipinski definition) is 2. The molecule has 11 heteroatoms. The highest BCUT2D eigenvalue weighted by atomic mass is 35.5. The molecule has 1 fully saturated rings. The predicted molar refractivity (Wildman–Crippen MR) is 131 cm³/mol. The summed E-state index contributed by atoms with van der Waals surface area (Å²) < 4.78 is 35.4. The van der Waals surface area contributed by atoms with E-state index < -0.39 is 11.6 Å². The van der Waals surface area contributed by atoms with E-state index in [1.54, 1.807) is 12.0 Å². The summed E-state index contributed by atoms with van der Waals surface area (Å²) in [4.78, 5) is 15.6. The van der Waals surface area contributed by atoms with E-state index in [1.807, 2.05) is 13.8 Å². The summed E-state index contributed by atoms with van der Waals surface area (Å²) in [6.07, 6.45) is 2.39. The minimum Gasteiger partial charge on any atom is -0.396 e. The third kappa shape index (κ3) is 7.19. The highest BCUT2D eigenvalue weighted by Gasteiger charge is 2.34. The van der Waals surface area contributed by atoms with Crippen molar-refractivity contribution in [2.45, 2.75) is 45.6 Å². The molecule has 1 aromatic carbocycles. The van der Waals surface area contributed by atoms with E-state index in [9.17, 15) is 18.7 Å². The molecule has 0 radical (unpaired) electrons. The third-order valence-electron chi connectivity index (χ3n) is 6.07. The number of methoxy groups -OCH3 is 1. The van der Waals surface area contributed by atoms with Gasteiger partial charge < -0.3 is 20.1 Å². The molecule has 2 N–H and O–H groups in total. The van der Waals surface area contributed by atoms with Gasteiger partial charge in [-0.3, -0.25) is 4.79 Å². The molecular weight excluding hydrogens is 480 g/mol. The number of unbranched alkanes of at least 4 members (excludes halogenated alkanes) is 1. The van der Waals surface area contributed by atoms with Crippen molar-refractivity contribution in [1.29, 1.82) is 0 Å². The number of carbonyl (C=O) groups excluding carboxylic acids is 1. The van der Waals surface area contributed by atoms with Crippen molar-refractivity contribution in [3.63, 3.8) is 0 Å². The van der Waals surface area contributed by atoms with Crippen molar-refractivity contribution >= 4 is 18.3 Å². The first-order chi connectivity index (χ1) is 16.4. The molecule has 1 aromatic heterocycles. The van der Waals surface area contributed by atoms with E-state index in [1.165, 1.54) is 6.07 Å². The number of benzene rings is 1. The van der Waals surface area contributed by atoms with Crippen LogP contribution in [0.4, 0.5) is 8.78 Å². The van der Waals surface area contributed by atoms with Crippen LogP contribution in [0.3, 0.4) is 0 Å². The molecule has 1 saturated heterocycles. The van der Waals surface area contributed by atoms with Gasteiger partial charge in [-0.25, -0.2) is 13.5 Å². The summed E-state index contributed by atoms with van der Waals surface area (Å²) in [6.45, 7) is 6.43. The van der Waals surface area contributed by atoms with Crippen molar-refractivity contribution in [3.05, 3.63) is 41.2 Å². The second kappa shape index (κ2) is 13.8. The van der Waals surface area contributed by atoms with Gasteiger partial charge in [0.1, 0.15) is 5.69 Å². The number of carbonyl (C=O) groups is 1. The van der Waals surface area contributed by atoms with E-state index in [4.69, 9.17) is 4.74 Å². The number of halogens is 3. The molecule has 0 unspecified atom stereocenters. The largest absolute Gasteiger partial charge is 0.396 e. The van der Waals surface area contributed by atoms with Gasteiger partial charge in [0, 0.05) is 46.0 Å². The smallest absolute Gasteiger partial charge is 0.276 e. The zero-order chi connectivity index (χ0) is 24.7. The van der Waals surface area contributed by atoms with Crippen LogP contribution in [0.15, 0.2) is 18.2 Å². The Morgan fingerprint density at radius 3 is 2.63 bits per heavy atom. The molecule has 1 aliphatic heterocycles. The molecule has 1 amide bonds. The van der Waals surface area contributed by atoms with Crippen LogP contribution in [0.1, 0.15) is 49.3 Å². The average Bonchev–Trinajstić information content (AvgIpc) is 3.23. The molecule has 2 atom stereocenters. The van der Waals surface area contributed by atoms with Crippen LogP contribution in [-0.2, 0) is 11.2 Å². The lowest BCUT2D eigenvalue weighted by atomic mass is 9.94. The van der Waals surface area contributed by atoms with Gasteiger partial charge in [0.25, 0.3) is 5.91 Å². The summed E-state index contributed by atoms with van der Waals surface area (Å²) in [7, 11) is 1.61. The van der Waals surface area contributed by atoms with Gasteiger partial charge in [0.05, 0.1) is 5.69 Å². The minimum absolute atomic E-state index is 0. The van der Waals surface area contributed by atoms with Gasteiger partial charge in [0.2, 0.25) is 0 Å². The Hall–Kier alpha value is -2.14. The number of piperidine rings is 1. The zero-order valence-electron chi connectivity index (χ0n) is 20.5. The van der Waals surface area contributed by atoms with Crippen molar-refractivity contribution in [2.24, 2.45) is 11.8 Å². The fourth-order valence-corrected chi connectivity index (χ4v) is 4.41. The number of hydrogen-bond acceptors (Lipinski definition) is 6. The monoisotopic (exact) mass is 515 g/mol. The van der Waals surface area contributed by atoms with Crippen molar-refractivity contribution < 1.29 is 23.4 Å². The molecule has 8 nitrogen and oxygen atoms in total. The van der Waals surface area contributed by atoms with Crippen LogP contribution in [0.2, 0.25) is 0 Å². The summed E-state index contributed by atoms with van der Waals surface area (Å²) >= 11 is 0. The van der Waals surface area contributed by atoms with Crippen molar-refractivity contribution in [1.82, 2.24) is 25.2 Å². The Bertz CT molecular complexity index is 939. The zero-order valence-corrected chi connectivity index (χ0v) is 21.4. The molecule has 2 heterocycles. The van der Waals surface area contributed by atoms with Crippen LogP contribution in [-0.4, -0.2) is 76.9 Å². The summed E-state index contributed by atoms with van der Waals surface area (Å²) in [5.41, 5.74) is 0.138. The maximum Gasteiger partial charge on any atom is 0.276 e. The molecule has 2 aromatic rings. The lowest BCUT2D eigenvalue weighted by Crippen LogP contribution is -2.53. The fraction of sp³-hybridized carbons (Fsp3) is 0.625. The number of aliphatic hydroxyl groups excluding tert-OH is 1. The maximum atomic E-state index is 14.6. The van der Waals surface area contributed by atoms with E-state index in [0.29, 0.717) is 51.2 Å². The van der Waals surface area contributed by atoms with Crippen molar-refractivity contribution in [3.8, 4) is 5.69 Å². The topological polar surface area (TPSA) is 92.5 Å². The Balaban J connectivity index is 0.00000432. The first-order valence-electron chi connectivity index (χ1n) is 11.9. The highest BCUT2D eigenvalue weighted by molar-refractivity contribution is 5.93. The van der Waals surface area contributed by atoms with E-state index >= 15 is 0 Å². The number of ether oxygens (including phenoxy) is 1. The van der Waals surface area contributed by atoms with E-state index in [0.717, 1.165) is 23.2 Å². The minimum atomic E-state index is -0.775. The number of amides is 1. The standard InChI is InChI=1S/C24H35F2N5O3.ClH/c1-16(2)14-30(18-11-17(15-32)12-27-13-18)24(33)22-21(9-4-5-10-34-3)31(29-28-22)23-19(25)7-6-8-20(23)26;/h6-8,16-18,27,32H,4-5,9-15H2,1-3H3;1H/t17-,18+;/m1./s1. The molecule has 0 aliphatic carbocycles. The Kier molecular flexibility index (Phi) is 11.5. The fourth-order valence-electron chi connectivity index (χ4n) is 4.41. The Morgan fingerprint density at radius 2 is 2.00 bits per heavy atom. The van der Waals surface area contributed by atoms with Gasteiger partial charge in [-0.2, -0.15) is 0 Å². The van der Waals surface area contributed by atoms with Crippen LogP contribution >= 0.6 is 12.4 Å². The summed E-state index contributed by atoms with van der Waals surface area (Å²) in [6, 6.07) is 3.47. The van der Waals surface area contributed by atoms with Crippen LogP contribution in [0.25, 0.3) is 5.69 Å². The number of para-hydroxylation sites is 1. The van der Waals surface area contributed by atoms with Gasteiger partial charge in [0.15, 0.2) is 17.3 Å². The second-order valence-electron chi connectivity index (χ2n) is 9.26. The maximum absolute atomic E-state index is 14.6. The molecule has 0 spiro atoms. The first kappa shape index (κ1) is 29.1. The molecule has 1 aliphatic rings. The van der Waals surface area contributed by atoms with Crippen LogP contribution < -0.4 is 5.32 Å². The number of aromatic nitrogens is 3. The Labute approximate surface area is 211 Å². The average molecular weight is 516 g/mol. The normalized spacial score (nSPS) is 17.9. The number of nitrogens with one attached hydrogen (secondary N) is 1. The summed E-state index contributed by atoms with van der Waals surface area (Å²) in [5, 5.41) is 21.1. The number of rotatable bonds is 11. The molecule has 3 rings (SSSR count). The van der Waals surface area contributed by atoms with Crippen molar-refractivity contribution in [2.75, 3.05) is 40.0 Å². The van der Waals surface area contributed by atoms with E-state index in [2.05, 4.69) is 15.6 Å². The van der Waals surface area contributed by atoms with Gasteiger partial charge in [-0.05, 0) is 49.7 Å². The Morgan fingerprint density at radius 1 is 1.29 bits per heavy atom. The van der Waals surface area contributed by atoms with Crippen LogP contribution in [0, 0.1) is 23.5 Å². The quantitative estimate of drug-likeness (QED) is 0.447. The lowest BCUT2D eigenvalue weighted by Gasteiger charge is -2.38. The van der Waals surface area contributed by atoms with E-state index in [-0.39, 0.29) is 54.2 Å². The first-order valence-corrected chi connectivity index (χ1v) is 11.9. The van der Waals surface area contributed by atoms with Gasteiger partial charge in [-0.1, -0.05) is 25.1 Å². The van der Waals surface area contributed by atoms with Gasteiger partial charge >= 0.3 is 0 Å². The van der Waals surface area contributed by atoms with Crippen LogP contribution in [0.5, 0.6) is 0 Å². The number of nitrogens with zero attached hydrogens (tertiary/aromatic N) is 4. The third-order valence-corrected chi connectivity index (χ3v) is 6.07. The molecule has 0 bridgehead atoms. The second-order valence-corrected chi connectivity index (χ2v) is 9.26. The SMILES string of the molecule is COCCCCc1c(C(=O)N(CC(C)C)[C@@H]2CNC[C@H](CO)C2)nnn1-c1c(F)cccc1F.Cl. The molecule has 35 heavy (non-hydrogen) atoms. The number of aliphatic hydroxyl groups is 1.